The highest BCUT2D eigenvalue weighted by atomic mass is 35.5. The molecule has 2 aromatic rings. The summed E-state index contributed by atoms with van der Waals surface area (Å²) in [5.74, 6) is 1.10. The second-order valence-electron chi connectivity index (χ2n) is 6.22. The molecule has 0 saturated heterocycles. The van der Waals surface area contributed by atoms with E-state index in [-0.39, 0.29) is 18.2 Å². The number of nitrogens with zero attached hydrogens (tertiary/aromatic N) is 1. The van der Waals surface area contributed by atoms with E-state index in [4.69, 9.17) is 16.3 Å². The Morgan fingerprint density at radius 1 is 1.22 bits per heavy atom. The number of carbonyl (C=O) groups excluding carboxylic acids is 1. The Bertz CT molecular complexity index is 886. The molecule has 1 atom stereocenters. The molecule has 1 aliphatic rings. The van der Waals surface area contributed by atoms with Crippen molar-refractivity contribution >= 4 is 29.3 Å². The minimum absolute atomic E-state index is 0.0871. The molecule has 0 spiro atoms. The first-order valence-electron chi connectivity index (χ1n) is 8.58. The summed E-state index contributed by atoms with van der Waals surface area (Å²) in [4.78, 5) is 12.1. The van der Waals surface area contributed by atoms with Crippen LogP contribution >= 0.6 is 23.4 Å². The molecule has 1 N–H and O–H groups in total. The molecule has 0 aliphatic carbocycles. The van der Waals surface area contributed by atoms with Gasteiger partial charge in [-0.1, -0.05) is 41.4 Å². The zero-order valence-corrected chi connectivity index (χ0v) is 16.4. The van der Waals surface area contributed by atoms with Crippen LogP contribution in [0.2, 0.25) is 5.02 Å². The Morgan fingerprint density at radius 2 is 1.93 bits per heavy atom. The number of amides is 1. The average molecular weight is 399 g/mol. The highest BCUT2D eigenvalue weighted by Gasteiger charge is 2.29. The third-order valence-corrected chi connectivity index (χ3v) is 5.48. The molecule has 0 fully saturated rings. The third kappa shape index (κ3) is 5.06. The molecule has 1 amide bonds. The fraction of sp³-hybridized carbons (Fsp3) is 0.238. The van der Waals surface area contributed by atoms with Gasteiger partial charge in [0.1, 0.15) is 5.75 Å². The molecule has 2 aromatic carbocycles. The quantitative estimate of drug-likeness (QED) is 0.710. The van der Waals surface area contributed by atoms with Crippen LogP contribution in [0.1, 0.15) is 23.5 Å². The van der Waals surface area contributed by atoms with Crippen molar-refractivity contribution in [2.75, 3.05) is 12.4 Å². The molecule has 6 heteroatoms. The van der Waals surface area contributed by atoms with E-state index in [9.17, 15) is 10.1 Å². The van der Waals surface area contributed by atoms with Crippen LogP contribution in [0.15, 0.2) is 59.1 Å². The van der Waals surface area contributed by atoms with Gasteiger partial charge in [-0.25, -0.2) is 0 Å². The summed E-state index contributed by atoms with van der Waals surface area (Å²) in [6.45, 7) is 2.51. The normalized spacial score (nSPS) is 16.6. The number of rotatable bonds is 6. The van der Waals surface area contributed by atoms with Gasteiger partial charge in [0.15, 0.2) is 0 Å². The molecule has 138 valence electrons. The predicted molar refractivity (Wildman–Crippen MR) is 109 cm³/mol. The minimum Gasteiger partial charge on any atom is -0.493 e. The van der Waals surface area contributed by atoms with Crippen molar-refractivity contribution < 1.29 is 9.53 Å². The van der Waals surface area contributed by atoms with E-state index in [0.717, 1.165) is 11.3 Å². The van der Waals surface area contributed by atoms with Crippen LogP contribution in [0, 0.1) is 18.3 Å². The fourth-order valence-electron chi connectivity index (χ4n) is 2.85. The van der Waals surface area contributed by atoms with Crippen molar-refractivity contribution in [2.24, 2.45) is 0 Å². The molecule has 0 unspecified atom stereocenters. The lowest BCUT2D eigenvalue weighted by Crippen LogP contribution is -2.31. The molecular formula is C21H19ClN2O2S. The monoisotopic (exact) mass is 398 g/mol. The summed E-state index contributed by atoms with van der Waals surface area (Å²) in [6, 6.07) is 17.4. The Labute approximate surface area is 168 Å². The number of halogens is 1. The van der Waals surface area contributed by atoms with Crippen LogP contribution in [0.4, 0.5) is 0 Å². The number of hydrogen-bond donors (Lipinski definition) is 1. The molecule has 0 bridgehead atoms. The summed E-state index contributed by atoms with van der Waals surface area (Å²) < 4.78 is 5.72. The molecule has 0 radical (unpaired) electrons. The van der Waals surface area contributed by atoms with Crippen LogP contribution in [0.3, 0.4) is 0 Å². The Balaban J connectivity index is 1.67. The van der Waals surface area contributed by atoms with Gasteiger partial charge in [0, 0.05) is 23.1 Å². The lowest BCUT2D eigenvalue weighted by atomic mass is 9.87. The van der Waals surface area contributed by atoms with E-state index in [2.05, 4.69) is 11.4 Å². The number of allylic oxidation sites excluding steroid dienone is 1. The van der Waals surface area contributed by atoms with Crippen LogP contribution in [0.5, 0.6) is 5.75 Å². The zero-order chi connectivity index (χ0) is 19.2. The minimum atomic E-state index is -0.249. The van der Waals surface area contributed by atoms with E-state index < -0.39 is 0 Å². The zero-order valence-electron chi connectivity index (χ0n) is 14.9. The van der Waals surface area contributed by atoms with Gasteiger partial charge in [-0.15, -0.1) is 11.8 Å². The number of hydrogen-bond acceptors (Lipinski definition) is 4. The van der Waals surface area contributed by atoms with Gasteiger partial charge < -0.3 is 10.1 Å². The first-order valence-corrected chi connectivity index (χ1v) is 9.95. The largest absolute Gasteiger partial charge is 0.493 e. The van der Waals surface area contributed by atoms with Gasteiger partial charge in [0.25, 0.3) is 0 Å². The van der Waals surface area contributed by atoms with Crippen molar-refractivity contribution in [3.63, 3.8) is 0 Å². The summed E-state index contributed by atoms with van der Waals surface area (Å²) in [7, 11) is 0. The van der Waals surface area contributed by atoms with Crippen LogP contribution < -0.4 is 10.1 Å². The Hall–Kier alpha value is -2.42. The topological polar surface area (TPSA) is 62.1 Å². The summed E-state index contributed by atoms with van der Waals surface area (Å²) in [5, 5.41) is 13.7. The van der Waals surface area contributed by atoms with Gasteiger partial charge in [-0.05, 0) is 36.8 Å². The van der Waals surface area contributed by atoms with E-state index in [1.807, 2.05) is 43.3 Å². The van der Waals surface area contributed by atoms with Crippen LogP contribution in [0.25, 0.3) is 0 Å². The first-order chi connectivity index (χ1) is 13.1. The Morgan fingerprint density at radius 3 is 2.59 bits per heavy atom. The standard InChI is InChI=1S/C21H19ClN2O2S/c1-14-2-8-17(9-3-14)26-10-11-27-21-19(13-23)18(12-20(25)24-21)15-4-6-16(22)7-5-15/h2-9,18H,10-12H2,1H3,(H,24,25)/t18-/m0/s1. The van der Waals surface area contributed by atoms with Gasteiger partial charge >= 0.3 is 0 Å². The average Bonchev–Trinajstić information content (AvgIpc) is 2.67. The maximum atomic E-state index is 12.1. The van der Waals surface area contributed by atoms with Crippen molar-refractivity contribution in [2.45, 2.75) is 19.3 Å². The summed E-state index contributed by atoms with van der Waals surface area (Å²) in [6.07, 6.45) is 0.258. The van der Waals surface area contributed by atoms with Gasteiger partial charge in [-0.3, -0.25) is 4.79 Å². The first kappa shape index (κ1) is 19.3. The van der Waals surface area contributed by atoms with Crippen molar-refractivity contribution in [3.8, 4) is 11.8 Å². The maximum Gasteiger partial charge on any atom is 0.225 e. The number of nitriles is 1. The number of carbonyl (C=O) groups is 1. The van der Waals surface area contributed by atoms with Crippen molar-refractivity contribution in [1.29, 1.82) is 5.26 Å². The maximum absolute atomic E-state index is 12.1. The number of thioether (sulfide) groups is 1. The molecule has 1 aliphatic heterocycles. The van der Waals surface area contributed by atoms with E-state index >= 15 is 0 Å². The fourth-order valence-corrected chi connectivity index (χ4v) is 3.88. The van der Waals surface area contributed by atoms with Gasteiger partial charge in [0.2, 0.25) is 5.91 Å². The number of ether oxygens (including phenoxy) is 1. The van der Waals surface area contributed by atoms with E-state index in [0.29, 0.717) is 28.0 Å². The van der Waals surface area contributed by atoms with Crippen molar-refractivity contribution in [1.82, 2.24) is 5.32 Å². The van der Waals surface area contributed by atoms with Crippen LogP contribution in [-0.4, -0.2) is 18.3 Å². The number of nitrogens with one attached hydrogen (secondary N) is 1. The number of aryl methyl sites for hydroxylation is 1. The molecule has 0 aromatic heterocycles. The van der Waals surface area contributed by atoms with E-state index in [1.54, 1.807) is 12.1 Å². The van der Waals surface area contributed by atoms with Gasteiger partial charge in [-0.2, -0.15) is 5.26 Å². The molecule has 4 nitrogen and oxygen atoms in total. The number of benzene rings is 2. The smallest absolute Gasteiger partial charge is 0.225 e. The highest BCUT2D eigenvalue weighted by molar-refractivity contribution is 8.03. The molecule has 27 heavy (non-hydrogen) atoms. The molecule has 3 rings (SSSR count). The second-order valence-corrected chi connectivity index (χ2v) is 7.76. The van der Waals surface area contributed by atoms with Gasteiger partial charge in [0.05, 0.1) is 23.3 Å². The predicted octanol–water partition coefficient (Wildman–Crippen LogP) is 4.80. The lowest BCUT2D eigenvalue weighted by molar-refractivity contribution is -0.120. The van der Waals surface area contributed by atoms with E-state index in [1.165, 1.54) is 17.3 Å². The molecular weight excluding hydrogens is 380 g/mol. The highest BCUT2D eigenvalue weighted by Crippen LogP contribution is 2.36. The molecule has 1 heterocycles. The second kappa shape index (κ2) is 8.98. The van der Waals surface area contributed by atoms with Crippen molar-refractivity contribution in [3.05, 3.63) is 75.3 Å². The Kier molecular flexibility index (Phi) is 6.44. The summed E-state index contributed by atoms with van der Waals surface area (Å²) >= 11 is 7.38. The lowest BCUT2D eigenvalue weighted by Gasteiger charge is -2.25. The van der Waals surface area contributed by atoms with Crippen LogP contribution in [-0.2, 0) is 4.79 Å². The summed E-state index contributed by atoms with van der Waals surface area (Å²) in [5.41, 5.74) is 2.68. The third-order valence-electron chi connectivity index (χ3n) is 4.25. The SMILES string of the molecule is Cc1ccc(OCCSC2=C(C#N)[C@H](c3ccc(Cl)cc3)CC(=O)N2)cc1. The molecule has 0 saturated carbocycles.